The quantitative estimate of drug-likeness (QED) is 0.868. The third-order valence-corrected chi connectivity index (χ3v) is 5.28. The van der Waals surface area contributed by atoms with E-state index in [0.29, 0.717) is 0 Å². The van der Waals surface area contributed by atoms with Crippen LogP contribution in [0.4, 0.5) is 0 Å². The van der Waals surface area contributed by atoms with Gasteiger partial charge in [-0.1, -0.05) is 13.3 Å². The number of hydrogen-bond donors (Lipinski definition) is 1. The van der Waals surface area contributed by atoms with Gasteiger partial charge in [0.1, 0.15) is 0 Å². The summed E-state index contributed by atoms with van der Waals surface area (Å²) in [7, 11) is 0. The number of nitrogens with one attached hydrogen (secondary N) is 1. The standard InChI is InChI=1S/C15H25N3S/c1-2-15-17-13(11-19-15)10-18-8-4-3-5-14(18)9-16-12-6-7-12/h11-12,14,16H,2-10H2,1H3. The fourth-order valence-corrected chi connectivity index (χ4v) is 3.62. The van der Waals surface area contributed by atoms with E-state index in [-0.39, 0.29) is 0 Å². The van der Waals surface area contributed by atoms with Crippen molar-refractivity contribution in [2.75, 3.05) is 13.1 Å². The lowest BCUT2D eigenvalue weighted by atomic mass is 10.0. The molecule has 106 valence electrons. The molecule has 1 unspecified atom stereocenters. The Labute approximate surface area is 120 Å². The summed E-state index contributed by atoms with van der Waals surface area (Å²) in [4.78, 5) is 7.37. The third kappa shape index (κ3) is 3.77. The number of nitrogens with zero attached hydrogens (tertiary/aromatic N) is 2. The first-order valence-corrected chi connectivity index (χ1v) is 8.64. The van der Waals surface area contributed by atoms with Crippen LogP contribution in [0.25, 0.3) is 0 Å². The van der Waals surface area contributed by atoms with Crippen LogP contribution < -0.4 is 5.32 Å². The summed E-state index contributed by atoms with van der Waals surface area (Å²) in [6.07, 6.45) is 7.94. The number of aromatic nitrogens is 1. The molecule has 0 aromatic carbocycles. The van der Waals surface area contributed by atoms with Crippen molar-refractivity contribution >= 4 is 11.3 Å². The minimum absolute atomic E-state index is 0.723. The maximum atomic E-state index is 4.72. The molecule has 0 bridgehead atoms. The normalized spacial score (nSPS) is 24.8. The number of hydrogen-bond acceptors (Lipinski definition) is 4. The number of thiazole rings is 1. The van der Waals surface area contributed by atoms with Gasteiger partial charge in [-0.25, -0.2) is 4.98 Å². The zero-order valence-electron chi connectivity index (χ0n) is 11.9. The topological polar surface area (TPSA) is 28.2 Å². The molecule has 1 saturated carbocycles. The number of aryl methyl sites for hydroxylation is 1. The van der Waals surface area contributed by atoms with E-state index in [1.807, 2.05) is 11.3 Å². The lowest BCUT2D eigenvalue weighted by molar-refractivity contribution is 0.136. The molecule has 2 aliphatic rings. The van der Waals surface area contributed by atoms with E-state index in [1.165, 1.54) is 55.9 Å². The zero-order chi connectivity index (χ0) is 13.1. The summed E-state index contributed by atoms with van der Waals surface area (Å²) in [6, 6.07) is 1.55. The summed E-state index contributed by atoms with van der Waals surface area (Å²) < 4.78 is 0. The lowest BCUT2D eigenvalue weighted by Gasteiger charge is -2.35. The Morgan fingerprint density at radius 3 is 3.00 bits per heavy atom. The predicted molar refractivity (Wildman–Crippen MR) is 80.6 cm³/mol. The highest BCUT2D eigenvalue weighted by Crippen LogP contribution is 2.23. The van der Waals surface area contributed by atoms with Crippen LogP contribution in [0.2, 0.25) is 0 Å². The molecule has 1 aromatic rings. The van der Waals surface area contributed by atoms with Gasteiger partial charge in [-0.15, -0.1) is 11.3 Å². The predicted octanol–water partition coefficient (Wildman–Crippen LogP) is 2.81. The van der Waals surface area contributed by atoms with E-state index < -0.39 is 0 Å². The van der Waals surface area contributed by atoms with E-state index in [1.54, 1.807) is 0 Å². The molecule has 1 atom stereocenters. The number of rotatable bonds is 6. The Balaban J connectivity index is 1.55. The fourth-order valence-electron chi connectivity index (χ4n) is 2.88. The minimum atomic E-state index is 0.723. The van der Waals surface area contributed by atoms with Crippen LogP contribution in [-0.4, -0.2) is 35.1 Å². The maximum absolute atomic E-state index is 4.72. The summed E-state index contributed by atoms with van der Waals surface area (Å²) in [6.45, 7) is 5.66. The largest absolute Gasteiger partial charge is 0.312 e. The summed E-state index contributed by atoms with van der Waals surface area (Å²) in [5.41, 5.74) is 1.28. The molecule has 2 fully saturated rings. The monoisotopic (exact) mass is 279 g/mol. The van der Waals surface area contributed by atoms with Crippen LogP contribution >= 0.6 is 11.3 Å². The summed E-state index contributed by atoms with van der Waals surface area (Å²) in [5, 5.41) is 7.23. The Morgan fingerprint density at radius 1 is 1.37 bits per heavy atom. The highest BCUT2D eigenvalue weighted by atomic mass is 32.1. The lowest BCUT2D eigenvalue weighted by Crippen LogP contribution is -2.45. The van der Waals surface area contributed by atoms with Gasteiger partial charge < -0.3 is 5.32 Å². The first-order chi connectivity index (χ1) is 9.35. The molecule has 0 spiro atoms. The Morgan fingerprint density at radius 2 is 2.26 bits per heavy atom. The summed E-state index contributed by atoms with van der Waals surface area (Å²) in [5.74, 6) is 0. The first-order valence-electron chi connectivity index (χ1n) is 7.76. The van der Waals surface area contributed by atoms with Gasteiger partial charge >= 0.3 is 0 Å². The molecular formula is C15H25N3S. The van der Waals surface area contributed by atoms with Crippen LogP contribution in [-0.2, 0) is 13.0 Å². The van der Waals surface area contributed by atoms with Gasteiger partial charge in [0, 0.05) is 30.6 Å². The highest BCUT2D eigenvalue weighted by Gasteiger charge is 2.26. The minimum Gasteiger partial charge on any atom is -0.312 e. The van der Waals surface area contributed by atoms with Gasteiger partial charge in [0.2, 0.25) is 0 Å². The van der Waals surface area contributed by atoms with E-state index in [2.05, 4.69) is 22.5 Å². The van der Waals surface area contributed by atoms with Gasteiger partial charge in [0.05, 0.1) is 10.7 Å². The van der Waals surface area contributed by atoms with Crippen LogP contribution in [0.1, 0.15) is 49.7 Å². The molecule has 0 amide bonds. The SMILES string of the molecule is CCc1nc(CN2CCCCC2CNC2CC2)cs1. The molecule has 19 heavy (non-hydrogen) atoms. The number of piperidine rings is 1. The molecule has 1 saturated heterocycles. The van der Waals surface area contributed by atoms with Crippen molar-refractivity contribution in [1.82, 2.24) is 15.2 Å². The summed E-state index contributed by atoms with van der Waals surface area (Å²) >= 11 is 1.81. The smallest absolute Gasteiger partial charge is 0.0926 e. The first kappa shape index (κ1) is 13.5. The van der Waals surface area contributed by atoms with Gasteiger partial charge in [-0.2, -0.15) is 0 Å². The second kappa shape index (κ2) is 6.33. The molecule has 0 radical (unpaired) electrons. The Kier molecular flexibility index (Phi) is 4.51. The number of likely N-dealkylation sites (tertiary alicyclic amines) is 1. The van der Waals surface area contributed by atoms with Crippen molar-refractivity contribution in [3.8, 4) is 0 Å². The molecule has 1 aliphatic carbocycles. The van der Waals surface area contributed by atoms with E-state index in [9.17, 15) is 0 Å². The molecule has 4 heteroatoms. The van der Waals surface area contributed by atoms with Crippen LogP contribution in [0.15, 0.2) is 5.38 Å². The molecule has 1 aliphatic heterocycles. The molecule has 1 N–H and O–H groups in total. The Bertz CT molecular complexity index is 400. The van der Waals surface area contributed by atoms with Crippen molar-refractivity contribution < 1.29 is 0 Å². The highest BCUT2D eigenvalue weighted by molar-refractivity contribution is 7.09. The van der Waals surface area contributed by atoms with Crippen LogP contribution in [0, 0.1) is 0 Å². The van der Waals surface area contributed by atoms with Crippen LogP contribution in [0.3, 0.4) is 0 Å². The average Bonchev–Trinajstić information content (AvgIpc) is 3.16. The second-order valence-corrected chi connectivity index (χ2v) is 6.83. The van der Waals surface area contributed by atoms with E-state index >= 15 is 0 Å². The van der Waals surface area contributed by atoms with E-state index in [0.717, 1.165) is 25.0 Å². The molecular weight excluding hydrogens is 254 g/mol. The fraction of sp³-hybridized carbons (Fsp3) is 0.800. The molecule has 3 rings (SSSR count). The van der Waals surface area contributed by atoms with Crippen molar-refractivity contribution in [2.24, 2.45) is 0 Å². The van der Waals surface area contributed by atoms with Crippen LogP contribution in [0.5, 0.6) is 0 Å². The van der Waals surface area contributed by atoms with Gasteiger partial charge in [0.25, 0.3) is 0 Å². The van der Waals surface area contributed by atoms with Crippen molar-refractivity contribution in [3.05, 3.63) is 16.1 Å². The average molecular weight is 279 g/mol. The van der Waals surface area contributed by atoms with Crippen molar-refractivity contribution in [1.29, 1.82) is 0 Å². The Hall–Kier alpha value is -0.450. The molecule has 2 heterocycles. The van der Waals surface area contributed by atoms with E-state index in [4.69, 9.17) is 4.98 Å². The maximum Gasteiger partial charge on any atom is 0.0926 e. The molecule has 1 aromatic heterocycles. The second-order valence-electron chi connectivity index (χ2n) is 5.89. The van der Waals surface area contributed by atoms with Crippen molar-refractivity contribution in [2.45, 2.75) is 64.1 Å². The zero-order valence-corrected chi connectivity index (χ0v) is 12.7. The van der Waals surface area contributed by atoms with Gasteiger partial charge in [0.15, 0.2) is 0 Å². The third-order valence-electron chi connectivity index (χ3n) is 4.24. The molecule has 3 nitrogen and oxygen atoms in total. The van der Waals surface area contributed by atoms with Gasteiger partial charge in [-0.3, -0.25) is 4.90 Å². The van der Waals surface area contributed by atoms with Crippen molar-refractivity contribution in [3.63, 3.8) is 0 Å². The van der Waals surface area contributed by atoms with Gasteiger partial charge in [-0.05, 0) is 38.6 Å².